The molecule has 0 N–H and O–H groups in total. The molecule has 78 valence electrons. The second-order valence-electron chi connectivity index (χ2n) is 2.96. The smallest absolute Gasteiger partial charge is 0.318 e. The van der Waals surface area contributed by atoms with Crippen molar-refractivity contribution in [2.75, 3.05) is 7.11 Å². The predicted molar refractivity (Wildman–Crippen MR) is 53.5 cm³/mol. The Bertz CT molecular complexity index is 285. The van der Waals surface area contributed by atoms with Crippen molar-refractivity contribution in [3.8, 4) is 10.8 Å². The molecule has 0 saturated carbocycles. The van der Waals surface area contributed by atoms with E-state index in [1.165, 1.54) is 7.11 Å². The van der Waals surface area contributed by atoms with Crippen LogP contribution < -0.4 is 0 Å². The van der Waals surface area contributed by atoms with E-state index in [4.69, 9.17) is 4.74 Å². The molecule has 4 nitrogen and oxygen atoms in total. The van der Waals surface area contributed by atoms with Crippen molar-refractivity contribution in [2.45, 2.75) is 25.9 Å². The maximum atomic E-state index is 11.1. The van der Waals surface area contributed by atoms with Crippen molar-refractivity contribution in [1.29, 1.82) is 0 Å². The molecule has 0 radical (unpaired) electrons. The van der Waals surface area contributed by atoms with Gasteiger partial charge in [-0.3, -0.25) is 9.59 Å². The Kier molecular flexibility index (Phi) is 5.24. The van der Waals surface area contributed by atoms with Gasteiger partial charge in [0.15, 0.2) is 5.60 Å². The molecule has 5 heteroatoms. The van der Waals surface area contributed by atoms with E-state index in [9.17, 15) is 9.59 Å². The number of rotatable bonds is 3. The second-order valence-corrected chi connectivity index (χ2v) is 3.35. The van der Waals surface area contributed by atoms with Gasteiger partial charge in [-0.1, -0.05) is 0 Å². The molecule has 0 aromatic heterocycles. The van der Waals surface area contributed by atoms with Crippen LogP contribution in [-0.2, 0) is 19.1 Å². The Morgan fingerprint density at radius 2 is 1.93 bits per heavy atom. The van der Waals surface area contributed by atoms with E-state index in [2.05, 4.69) is 31.4 Å². The van der Waals surface area contributed by atoms with Crippen LogP contribution in [0.25, 0.3) is 0 Å². The van der Waals surface area contributed by atoms with Gasteiger partial charge in [-0.05, 0) is 24.6 Å². The lowest BCUT2D eigenvalue weighted by atomic mass is 10.1. The highest BCUT2D eigenvalue weighted by atomic mass is 79.9. The van der Waals surface area contributed by atoms with E-state index in [0.717, 1.165) is 0 Å². The summed E-state index contributed by atoms with van der Waals surface area (Å²) < 4.78 is 9.22. The zero-order valence-electron chi connectivity index (χ0n) is 8.22. The Morgan fingerprint density at radius 3 is 2.36 bits per heavy atom. The summed E-state index contributed by atoms with van der Waals surface area (Å²) in [5.41, 5.74) is -0.908. The van der Waals surface area contributed by atoms with Gasteiger partial charge in [-0.2, -0.15) is 0 Å². The van der Waals surface area contributed by atoms with Crippen molar-refractivity contribution in [2.24, 2.45) is 0 Å². The van der Waals surface area contributed by atoms with E-state index in [1.54, 1.807) is 13.8 Å². The van der Waals surface area contributed by atoms with E-state index >= 15 is 0 Å². The maximum Gasteiger partial charge on any atom is 0.318 e. The number of ether oxygens (including phenoxy) is 2. The van der Waals surface area contributed by atoms with Crippen molar-refractivity contribution in [3.05, 3.63) is 0 Å². The summed E-state index contributed by atoms with van der Waals surface area (Å²) >= 11 is 2.90. The molecule has 0 atom stereocenters. The Labute approximate surface area is 91.1 Å². The summed E-state index contributed by atoms with van der Waals surface area (Å²) in [7, 11) is 1.21. The standard InChI is InChI=1S/C9H11BrO4/c1-9(2,4-5-10)14-8(12)6-7(11)13-3/h6H2,1-3H3. The first-order valence-corrected chi connectivity index (χ1v) is 4.62. The molecule has 0 rings (SSSR count). The summed E-state index contributed by atoms with van der Waals surface area (Å²) in [6, 6.07) is 0. The van der Waals surface area contributed by atoms with Crippen molar-refractivity contribution >= 4 is 27.9 Å². The average Bonchev–Trinajstić information content (AvgIpc) is 2.02. The van der Waals surface area contributed by atoms with Gasteiger partial charge in [0, 0.05) is 15.9 Å². The molecule has 0 aliphatic rings. The Morgan fingerprint density at radius 1 is 1.36 bits per heavy atom. The molecule has 0 aliphatic heterocycles. The van der Waals surface area contributed by atoms with Gasteiger partial charge in [0.1, 0.15) is 6.42 Å². The fourth-order valence-electron chi connectivity index (χ4n) is 0.650. The number of hydrogen-bond donors (Lipinski definition) is 0. The Hall–Kier alpha value is -1.02. The van der Waals surface area contributed by atoms with Crippen LogP contribution in [-0.4, -0.2) is 24.6 Å². The fraction of sp³-hybridized carbons (Fsp3) is 0.556. The lowest BCUT2D eigenvalue weighted by Gasteiger charge is -2.17. The van der Waals surface area contributed by atoms with Crippen LogP contribution in [0.15, 0.2) is 0 Å². The molecule has 0 aromatic carbocycles. The summed E-state index contributed by atoms with van der Waals surface area (Å²) in [6.07, 6.45) is -0.399. The number of esters is 2. The number of hydrogen-bond acceptors (Lipinski definition) is 4. The number of carbonyl (C=O) groups is 2. The van der Waals surface area contributed by atoms with Gasteiger partial charge in [0.2, 0.25) is 0 Å². The molecule has 0 aromatic rings. The third-order valence-electron chi connectivity index (χ3n) is 1.23. The lowest BCUT2D eigenvalue weighted by molar-refractivity contribution is -0.158. The van der Waals surface area contributed by atoms with Crippen molar-refractivity contribution in [3.63, 3.8) is 0 Å². The van der Waals surface area contributed by atoms with Crippen LogP contribution in [0, 0.1) is 10.8 Å². The number of methoxy groups -OCH3 is 1. The van der Waals surface area contributed by atoms with Crippen LogP contribution in [0.5, 0.6) is 0 Å². The first kappa shape index (κ1) is 13.0. The summed E-state index contributed by atoms with van der Waals surface area (Å²) in [4.78, 5) is 24.2. The molecular formula is C9H11BrO4. The summed E-state index contributed by atoms with van der Waals surface area (Å²) in [5, 5.41) is 0. The normalized spacial score (nSPS) is 9.71. The minimum Gasteiger partial charge on any atom is -0.469 e. The molecular weight excluding hydrogens is 252 g/mol. The zero-order valence-corrected chi connectivity index (χ0v) is 9.80. The van der Waals surface area contributed by atoms with Gasteiger partial charge in [0.05, 0.1) is 7.11 Å². The van der Waals surface area contributed by atoms with Crippen LogP contribution in [0.1, 0.15) is 20.3 Å². The molecule has 0 aliphatic carbocycles. The predicted octanol–water partition coefficient (Wildman–Crippen LogP) is 1.23. The van der Waals surface area contributed by atoms with E-state index in [0.29, 0.717) is 0 Å². The first-order chi connectivity index (χ1) is 6.41. The molecule has 0 saturated heterocycles. The molecule has 0 heterocycles. The first-order valence-electron chi connectivity index (χ1n) is 3.82. The maximum absolute atomic E-state index is 11.1. The van der Waals surface area contributed by atoms with E-state index in [-0.39, 0.29) is 0 Å². The minimum absolute atomic E-state index is 0.399. The van der Waals surface area contributed by atoms with Gasteiger partial charge in [0.25, 0.3) is 0 Å². The molecule has 0 bridgehead atoms. The number of halogens is 1. The third-order valence-corrected chi connectivity index (χ3v) is 1.43. The Balaban J connectivity index is 4.17. The van der Waals surface area contributed by atoms with E-state index < -0.39 is 24.0 Å². The van der Waals surface area contributed by atoms with Gasteiger partial charge < -0.3 is 9.47 Å². The number of carbonyl (C=O) groups excluding carboxylic acids is 2. The highest BCUT2D eigenvalue weighted by molar-refractivity contribution is 9.12. The highest BCUT2D eigenvalue weighted by Crippen LogP contribution is 2.09. The van der Waals surface area contributed by atoms with Crippen molar-refractivity contribution < 1.29 is 19.1 Å². The molecule has 0 amide bonds. The van der Waals surface area contributed by atoms with Gasteiger partial charge >= 0.3 is 11.9 Å². The molecule has 0 fully saturated rings. The van der Waals surface area contributed by atoms with Crippen molar-refractivity contribution in [1.82, 2.24) is 0 Å². The van der Waals surface area contributed by atoms with Crippen LogP contribution in [0.3, 0.4) is 0 Å². The lowest BCUT2D eigenvalue weighted by Crippen LogP contribution is -2.27. The topological polar surface area (TPSA) is 52.6 Å². The monoisotopic (exact) mass is 262 g/mol. The van der Waals surface area contributed by atoms with Gasteiger partial charge in [-0.25, -0.2) is 0 Å². The average molecular weight is 263 g/mol. The third kappa shape index (κ3) is 5.60. The van der Waals surface area contributed by atoms with Gasteiger partial charge in [-0.15, -0.1) is 0 Å². The summed E-state index contributed by atoms with van der Waals surface area (Å²) in [6.45, 7) is 3.24. The molecule has 0 unspecified atom stereocenters. The van der Waals surface area contributed by atoms with E-state index in [1.807, 2.05) is 0 Å². The van der Waals surface area contributed by atoms with Crippen LogP contribution in [0.2, 0.25) is 0 Å². The molecule has 0 spiro atoms. The minimum atomic E-state index is -0.908. The summed E-state index contributed by atoms with van der Waals surface area (Å²) in [5.74, 6) is 1.33. The largest absolute Gasteiger partial charge is 0.469 e. The second kappa shape index (κ2) is 5.66. The SMILES string of the molecule is COC(=O)CC(=O)OC(C)(C)C#CBr. The van der Waals surface area contributed by atoms with Crippen LogP contribution in [0.4, 0.5) is 0 Å². The quantitative estimate of drug-likeness (QED) is 0.436. The zero-order chi connectivity index (χ0) is 11.2. The molecule has 14 heavy (non-hydrogen) atoms. The van der Waals surface area contributed by atoms with Crippen LogP contribution >= 0.6 is 15.9 Å². The fourth-order valence-corrected chi connectivity index (χ4v) is 1.13. The highest BCUT2D eigenvalue weighted by Gasteiger charge is 2.21.